The first-order valence-electron chi connectivity index (χ1n) is 9.46. The van der Waals surface area contributed by atoms with Crippen molar-refractivity contribution < 1.29 is 5.11 Å². The molecule has 3 heterocycles. The van der Waals surface area contributed by atoms with Crippen LogP contribution in [0.15, 0.2) is 16.9 Å². The van der Waals surface area contributed by atoms with Gasteiger partial charge in [-0.05, 0) is 38.8 Å². The van der Waals surface area contributed by atoms with Crippen LogP contribution >= 0.6 is 23.2 Å². The van der Waals surface area contributed by atoms with E-state index in [1.165, 1.54) is 0 Å². The van der Waals surface area contributed by atoms with E-state index in [2.05, 4.69) is 23.8 Å². The van der Waals surface area contributed by atoms with Gasteiger partial charge in [0.25, 0.3) is 0 Å². The number of aromatic hydroxyl groups is 1. The molecule has 8 heteroatoms. The summed E-state index contributed by atoms with van der Waals surface area (Å²) in [5, 5.41) is 15.6. The second-order valence-corrected chi connectivity index (χ2v) is 8.60. The Morgan fingerprint density at radius 2 is 1.93 bits per heavy atom. The number of aromatic nitrogens is 3. The van der Waals surface area contributed by atoms with Crippen molar-refractivity contribution in [2.24, 2.45) is 0 Å². The highest BCUT2D eigenvalue weighted by Gasteiger charge is 2.33. The number of hydrogen-bond acceptors (Lipinski definition) is 4. The molecule has 0 unspecified atom stereocenters. The smallest absolute Gasteiger partial charge is 0.346 e. The second kappa shape index (κ2) is 7.15. The molecule has 1 aromatic heterocycles. The average molecular weight is 411 g/mol. The van der Waals surface area contributed by atoms with E-state index in [0.29, 0.717) is 34.6 Å². The van der Waals surface area contributed by atoms with Crippen LogP contribution in [0.2, 0.25) is 10.0 Å². The van der Waals surface area contributed by atoms with Crippen molar-refractivity contribution in [1.82, 2.24) is 19.2 Å². The third kappa shape index (κ3) is 3.28. The molecular weight excluding hydrogens is 387 g/mol. The summed E-state index contributed by atoms with van der Waals surface area (Å²) in [5.74, 6) is 0.775. The van der Waals surface area contributed by atoms with Crippen LogP contribution in [-0.4, -0.2) is 43.5 Å². The minimum atomic E-state index is -0.0937. The van der Waals surface area contributed by atoms with E-state index in [1.807, 2.05) is 0 Å². The van der Waals surface area contributed by atoms with Crippen molar-refractivity contribution >= 4 is 23.2 Å². The van der Waals surface area contributed by atoms with Gasteiger partial charge in [0.15, 0.2) is 0 Å². The molecule has 0 saturated carbocycles. The standard InChI is InChI=1S/C19H24Cl2N4O2/c1-11(2)23-7-5-13(6-8-23)25-19(27)24-10-12(9-16(24)22-25)17-15(26)4-3-14(20)18(17)21/h3-4,11-13,26H,5-10H2,1-2H3/t12-/m1/s1. The molecule has 0 aliphatic carbocycles. The molecule has 0 amide bonds. The summed E-state index contributed by atoms with van der Waals surface area (Å²) in [6, 6.07) is 3.82. The molecular formula is C19H24Cl2N4O2. The molecule has 1 fully saturated rings. The Morgan fingerprint density at radius 1 is 1.22 bits per heavy atom. The van der Waals surface area contributed by atoms with Crippen molar-refractivity contribution in [2.75, 3.05) is 13.1 Å². The Balaban J connectivity index is 1.55. The SMILES string of the molecule is CC(C)N1CCC(n2nc3n(c2=O)C[C@H](c2c(O)ccc(Cl)c2Cl)C3)CC1. The van der Waals surface area contributed by atoms with Crippen LogP contribution in [0.4, 0.5) is 0 Å². The summed E-state index contributed by atoms with van der Waals surface area (Å²) in [4.78, 5) is 15.4. The molecule has 27 heavy (non-hydrogen) atoms. The lowest BCUT2D eigenvalue weighted by atomic mass is 9.96. The van der Waals surface area contributed by atoms with Gasteiger partial charge in [-0.15, -0.1) is 0 Å². The third-order valence-electron chi connectivity index (χ3n) is 5.89. The number of nitrogens with zero attached hydrogens (tertiary/aromatic N) is 4. The van der Waals surface area contributed by atoms with E-state index in [9.17, 15) is 9.90 Å². The summed E-state index contributed by atoms with van der Waals surface area (Å²) in [5.41, 5.74) is 0.541. The van der Waals surface area contributed by atoms with Gasteiger partial charge in [0.2, 0.25) is 0 Å². The molecule has 146 valence electrons. The zero-order valence-corrected chi connectivity index (χ0v) is 17.0. The quantitative estimate of drug-likeness (QED) is 0.841. The van der Waals surface area contributed by atoms with E-state index < -0.39 is 0 Å². The maximum absolute atomic E-state index is 12.9. The number of phenolic OH excluding ortho intramolecular Hbond substituents is 1. The Morgan fingerprint density at radius 3 is 2.56 bits per heavy atom. The Hall–Kier alpha value is -1.50. The van der Waals surface area contributed by atoms with Crippen LogP contribution in [0, 0.1) is 0 Å². The molecule has 0 spiro atoms. The maximum atomic E-state index is 12.9. The molecule has 1 N–H and O–H groups in total. The Labute approximate surface area is 168 Å². The predicted molar refractivity (Wildman–Crippen MR) is 106 cm³/mol. The van der Waals surface area contributed by atoms with Gasteiger partial charge < -0.3 is 10.0 Å². The van der Waals surface area contributed by atoms with Gasteiger partial charge >= 0.3 is 5.69 Å². The number of fused-ring (bicyclic) bond motifs is 1. The average Bonchev–Trinajstić information content (AvgIpc) is 3.18. The van der Waals surface area contributed by atoms with Crippen LogP contribution in [0.1, 0.15) is 50.0 Å². The fourth-order valence-electron chi connectivity index (χ4n) is 4.32. The second-order valence-electron chi connectivity index (χ2n) is 7.81. The summed E-state index contributed by atoms with van der Waals surface area (Å²) in [7, 11) is 0. The van der Waals surface area contributed by atoms with Gasteiger partial charge in [0, 0.05) is 43.6 Å². The fraction of sp³-hybridized carbons (Fsp3) is 0.579. The van der Waals surface area contributed by atoms with Crippen LogP contribution < -0.4 is 5.69 Å². The predicted octanol–water partition coefficient (Wildman–Crippen LogP) is 3.44. The third-order valence-corrected chi connectivity index (χ3v) is 6.71. The molecule has 0 radical (unpaired) electrons. The monoisotopic (exact) mass is 410 g/mol. The molecule has 6 nitrogen and oxygen atoms in total. The largest absolute Gasteiger partial charge is 0.508 e. The highest BCUT2D eigenvalue weighted by atomic mass is 35.5. The van der Waals surface area contributed by atoms with Crippen molar-refractivity contribution in [2.45, 2.75) is 57.7 Å². The zero-order chi connectivity index (χ0) is 19.3. The van der Waals surface area contributed by atoms with Gasteiger partial charge in [-0.1, -0.05) is 23.2 Å². The number of phenols is 1. The van der Waals surface area contributed by atoms with Crippen LogP contribution in [0.25, 0.3) is 0 Å². The Bertz CT molecular complexity index is 913. The Kier molecular flexibility index (Phi) is 4.99. The number of hydrogen-bond donors (Lipinski definition) is 1. The van der Waals surface area contributed by atoms with E-state index >= 15 is 0 Å². The lowest BCUT2D eigenvalue weighted by Crippen LogP contribution is -2.41. The van der Waals surface area contributed by atoms with E-state index in [1.54, 1.807) is 21.4 Å². The van der Waals surface area contributed by atoms with Gasteiger partial charge in [-0.2, -0.15) is 5.10 Å². The van der Waals surface area contributed by atoms with Crippen LogP contribution in [-0.2, 0) is 13.0 Å². The zero-order valence-electron chi connectivity index (χ0n) is 15.5. The van der Waals surface area contributed by atoms with Gasteiger partial charge in [0.05, 0.1) is 16.1 Å². The molecule has 1 aromatic carbocycles. The van der Waals surface area contributed by atoms with Crippen molar-refractivity contribution in [1.29, 1.82) is 0 Å². The number of benzene rings is 1. The molecule has 1 atom stereocenters. The van der Waals surface area contributed by atoms with E-state index in [0.717, 1.165) is 31.8 Å². The highest BCUT2D eigenvalue weighted by molar-refractivity contribution is 6.42. The summed E-state index contributed by atoms with van der Waals surface area (Å²) >= 11 is 12.4. The number of piperidine rings is 1. The number of rotatable bonds is 3. The number of halogens is 2. The first-order valence-corrected chi connectivity index (χ1v) is 10.2. The molecule has 1 saturated heterocycles. The lowest BCUT2D eigenvalue weighted by molar-refractivity contribution is 0.145. The molecule has 2 aromatic rings. The maximum Gasteiger partial charge on any atom is 0.346 e. The van der Waals surface area contributed by atoms with E-state index in [4.69, 9.17) is 23.2 Å². The summed E-state index contributed by atoms with van der Waals surface area (Å²) in [6.45, 7) is 6.85. The van der Waals surface area contributed by atoms with Crippen molar-refractivity contribution in [3.63, 3.8) is 0 Å². The van der Waals surface area contributed by atoms with Crippen LogP contribution in [0.5, 0.6) is 5.75 Å². The topological polar surface area (TPSA) is 63.3 Å². The van der Waals surface area contributed by atoms with Gasteiger partial charge in [-0.3, -0.25) is 4.57 Å². The fourth-order valence-corrected chi connectivity index (χ4v) is 4.80. The normalized spacial score (nSPS) is 21.1. The first kappa shape index (κ1) is 18.8. The summed E-state index contributed by atoms with van der Waals surface area (Å²) in [6.07, 6.45) is 2.46. The highest BCUT2D eigenvalue weighted by Crippen LogP contribution is 2.41. The minimum absolute atomic E-state index is 0.0619. The molecule has 2 aliphatic rings. The summed E-state index contributed by atoms with van der Waals surface area (Å²) < 4.78 is 3.39. The van der Waals surface area contributed by atoms with Crippen LogP contribution in [0.3, 0.4) is 0 Å². The van der Waals surface area contributed by atoms with E-state index in [-0.39, 0.29) is 23.4 Å². The first-order chi connectivity index (χ1) is 12.9. The van der Waals surface area contributed by atoms with Gasteiger partial charge in [-0.25, -0.2) is 9.48 Å². The lowest BCUT2D eigenvalue weighted by Gasteiger charge is -2.34. The number of likely N-dealkylation sites (tertiary alicyclic amines) is 1. The minimum Gasteiger partial charge on any atom is -0.508 e. The molecule has 4 rings (SSSR count). The van der Waals surface area contributed by atoms with Gasteiger partial charge in [0.1, 0.15) is 11.6 Å². The van der Waals surface area contributed by atoms with Crippen molar-refractivity contribution in [3.8, 4) is 5.75 Å². The van der Waals surface area contributed by atoms with Crippen molar-refractivity contribution in [3.05, 3.63) is 44.1 Å². The molecule has 0 bridgehead atoms. The molecule has 2 aliphatic heterocycles.